The molecular formula is C24H18F3N3O2. The van der Waals surface area contributed by atoms with Crippen molar-refractivity contribution in [2.75, 3.05) is 5.32 Å². The number of amides is 1. The molecule has 0 radical (unpaired) electrons. The van der Waals surface area contributed by atoms with Crippen LogP contribution < -0.4 is 5.32 Å². The van der Waals surface area contributed by atoms with Gasteiger partial charge in [0.15, 0.2) is 5.78 Å². The van der Waals surface area contributed by atoms with Gasteiger partial charge in [0, 0.05) is 23.6 Å². The van der Waals surface area contributed by atoms with Gasteiger partial charge in [0.25, 0.3) is 5.91 Å². The van der Waals surface area contributed by atoms with Crippen LogP contribution in [0.4, 0.5) is 18.9 Å². The molecule has 0 aliphatic carbocycles. The Balaban J connectivity index is 1.54. The van der Waals surface area contributed by atoms with E-state index in [1.807, 2.05) is 18.2 Å². The molecule has 1 amide bonds. The molecule has 4 aromatic rings. The summed E-state index contributed by atoms with van der Waals surface area (Å²) >= 11 is 0. The van der Waals surface area contributed by atoms with Crippen molar-refractivity contribution in [3.8, 4) is 11.1 Å². The second kappa shape index (κ2) is 7.96. The second-order valence-corrected chi connectivity index (χ2v) is 7.45. The van der Waals surface area contributed by atoms with Gasteiger partial charge in [-0.2, -0.15) is 18.3 Å². The third-order valence-corrected chi connectivity index (χ3v) is 5.18. The topological polar surface area (TPSA) is 74.8 Å². The fourth-order valence-corrected chi connectivity index (χ4v) is 3.49. The van der Waals surface area contributed by atoms with Gasteiger partial charge in [0.1, 0.15) is 5.69 Å². The van der Waals surface area contributed by atoms with Crippen molar-refractivity contribution in [1.29, 1.82) is 0 Å². The summed E-state index contributed by atoms with van der Waals surface area (Å²) in [7, 11) is 0. The van der Waals surface area contributed by atoms with Crippen molar-refractivity contribution in [2.24, 2.45) is 0 Å². The maximum atomic E-state index is 13.1. The molecule has 0 atom stereocenters. The molecule has 0 saturated heterocycles. The van der Waals surface area contributed by atoms with E-state index in [1.165, 1.54) is 26.0 Å². The summed E-state index contributed by atoms with van der Waals surface area (Å²) in [5, 5.41) is 10.2. The van der Waals surface area contributed by atoms with Crippen LogP contribution in [-0.2, 0) is 6.18 Å². The summed E-state index contributed by atoms with van der Waals surface area (Å²) in [4.78, 5) is 24.1. The fourth-order valence-electron chi connectivity index (χ4n) is 3.49. The van der Waals surface area contributed by atoms with Crippen LogP contribution in [0.15, 0.2) is 60.7 Å². The average molecular weight is 437 g/mol. The number of hydrogen-bond acceptors (Lipinski definition) is 3. The number of carbonyl (C=O) groups excluding carboxylic acids is 2. The number of halogens is 3. The highest BCUT2D eigenvalue weighted by Gasteiger charge is 2.33. The Labute approximate surface area is 181 Å². The summed E-state index contributed by atoms with van der Waals surface area (Å²) in [6.07, 6.45) is -4.52. The zero-order valence-electron chi connectivity index (χ0n) is 17.2. The molecule has 0 bridgehead atoms. The number of Topliss-reactive ketones (excluding diaryl/α,β-unsaturated/α-hetero) is 1. The molecule has 162 valence electrons. The number of aromatic amines is 1. The number of ketones is 1. The maximum absolute atomic E-state index is 13.1. The molecule has 0 spiro atoms. The van der Waals surface area contributed by atoms with Crippen LogP contribution in [0.5, 0.6) is 0 Å². The third kappa shape index (κ3) is 4.12. The van der Waals surface area contributed by atoms with E-state index >= 15 is 0 Å². The molecule has 0 fully saturated rings. The van der Waals surface area contributed by atoms with Crippen LogP contribution in [0, 0.1) is 6.92 Å². The third-order valence-electron chi connectivity index (χ3n) is 5.18. The van der Waals surface area contributed by atoms with Crippen LogP contribution >= 0.6 is 0 Å². The van der Waals surface area contributed by atoms with Crippen LogP contribution in [0.2, 0.25) is 0 Å². The molecule has 4 rings (SSSR count). The van der Waals surface area contributed by atoms with E-state index in [0.717, 1.165) is 28.1 Å². The number of nitrogens with zero attached hydrogens (tertiary/aromatic N) is 1. The van der Waals surface area contributed by atoms with Gasteiger partial charge >= 0.3 is 6.18 Å². The standard InChI is InChI=1S/C24H18F3N3O2/c1-13-3-4-17(11-20(13)24(25,26)27)23(32)28-18-8-5-15(6-9-18)16-7-10-19-21(12-16)29-30-22(19)14(2)31/h3-12H,1-2H3,(H,28,32)(H,29,30). The predicted molar refractivity (Wildman–Crippen MR) is 116 cm³/mol. The highest BCUT2D eigenvalue weighted by molar-refractivity contribution is 6.06. The number of aromatic nitrogens is 2. The summed E-state index contributed by atoms with van der Waals surface area (Å²) in [6.45, 7) is 2.81. The van der Waals surface area contributed by atoms with Crippen molar-refractivity contribution in [3.05, 3.63) is 83.0 Å². The Kier molecular flexibility index (Phi) is 5.30. The highest BCUT2D eigenvalue weighted by atomic mass is 19.4. The van der Waals surface area contributed by atoms with Crippen molar-refractivity contribution < 1.29 is 22.8 Å². The van der Waals surface area contributed by atoms with Gasteiger partial charge in [-0.3, -0.25) is 14.7 Å². The molecule has 1 aromatic heterocycles. The Morgan fingerprint density at radius 1 is 0.938 bits per heavy atom. The normalized spacial score (nSPS) is 11.5. The maximum Gasteiger partial charge on any atom is 0.416 e. The van der Waals surface area contributed by atoms with Gasteiger partial charge < -0.3 is 5.32 Å². The first-order valence-corrected chi connectivity index (χ1v) is 9.72. The molecule has 2 N–H and O–H groups in total. The van der Waals surface area contributed by atoms with E-state index < -0.39 is 17.6 Å². The van der Waals surface area contributed by atoms with Crippen molar-refractivity contribution in [3.63, 3.8) is 0 Å². The molecule has 0 unspecified atom stereocenters. The zero-order chi connectivity index (χ0) is 23.0. The Morgan fingerprint density at radius 2 is 1.62 bits per heavy atom. The number of nitrogens with one attached hydrogen (secondary N) is 2. The lowest BCUT2D eigenvalue weighted by molar-refractivity contribution is -0.138. The van der Waals surface area contributed by atoms with Gasteiger partial charge in [-0.1, -0.05) is 24.3 Å². The minimum Gasteiger partial charge on any atom is -0.322 e. The number of aryl methyl sites for hydroxylation is 1. The SMILES string of the molecule is CC(=O)c1n[nH]c2cc(-c3ccc(NC(=O)c4ccc(C)c(C(F)(F)F)c4)cc3)ccc12. The zero-order valence-corrected chi connectivity index (χ0v) is 17.2. The van der Waals surface area contributed by atoms with E-state index in [9.17, 15) is 22.8 Å². The molecule has 0 aliphatic rings. The summed E-state index contributed by atoms with van der Waals surface area (Å²) in [6, 6.07) is 16.0. The van der Waals surface area contributed by atoms with Crippen molar-refractivity contribution >= 4 is 28.3 Å². The van der Waals surface area contributed by atoms with Gasteiger partial charge in [0.05, 0.1) is 11.1 Å². The first-order valence-electron chi connectivity index (χ1n) is 9.72. The summed E-state index contributed by atoms with van der Waals surface area (Å²) in [5.74, 6) is -0.751. The lowest BCUT2D eigenvalue weighted by atomic mass is 10.0. The van der Waals surface area contributed by atoms with Crippen LogP contribution in [0.3, 0.4) is 0 Å². The number of benzene rings is 3. The predicted octanol–water partition coefficient (Wildman–Crippen LogP) is 6.01. The molecular weight excluding hydrogens is 419 g/mol. The molecule has 5 nitrogen and oxygen atoms in total. The van der Waals surface area contributed by atoms with Crippen molar-refractivity contribution in [1.82, 2.24) is 10.2 Å². The van der Waals surface area contributed by atoms with E-state index in [1.54, 1.807) is 24.3 Å². The summed E-state index contributed by atoms with van der Waals surface area (Å²) in [5.41, 5.74) is 2.46. The first kappa shape index (κ1) is 21.3. The molecule has 0 saturated carbocycles. The molecule has 1 heterocycles. The van der Waals surface area contributed by atoms with Crippen LogP contribution in [0.25, 0.3) is 22.0 Å². The van der Waals surface area contributed by atoms with Gasteiger partial charge in [0.2, 0.25) is 0 Å². The number of fused-ring (bicyclic) bond motifs is 1. The number of alkyl halides is 3. The molecule has 0 aliphatic heterocycles. The molecule has 32 heavy (non-hydrogen) atoms. The van der Waals surface area contributed by atoms with E-state index in [4.69, 9.17) is 0 Å². The number of carbonyl (C=O) groups is 2. The minimum atomic E-state index is -4.52. The molecule has 8 heteroatoms. The number of hydrogen-bond donors (Lipinski definition) is 2. The van der Waals surface area contributed by atoms with Gasteiger partial charge in [-0.05, 0) is 60.0 Å². The summed E-state index contributed by atoms with van der Waals surface area (Å²) < 4.78 is 39.3. The lowest BCUT2D eigenvalue weighted by Crippen LogP contribution is -2.15. The largest absolute Gasteiger partial charge is 0.416 e. The van der Waals surface area contributed by atoms with Crippen LogP contribution in [-0.4, -0.2) is 21.9 Å². The Bertz CT molecular complexity index is 1340. The minimum absolute atomic E-state index is 0.0584. The lowest BCUT2D eigenvalue weighted by Gasteiger charge is -2.12. The Morgan fingerprint density at radius 3 is 2.28 bits per heavy atom. The average Bonchev–Trinajstić information content (AvgIpc) is 3.17. The molecule has 3 aromatic carbocycles. The number of anilines is 1. The van der Waals surface area contributed by atoms with Crippen molar-refractivity contribution in [2.45, 2.75) is 20.0 Å². The van der Waals surface area contributed by atoms with Crippen LogP contribution in [0.1, 0.15) is 38.9 Å². The van der Waals surface area contributed by atoms with Gasteiger partial charge in [-0.25, -0.2) is 0 Å². The highest BCUT2D eigenvalue weighted by Crippen LogP contribution is 2.32. The quantitative estimate of drug-likeness (QED) is 0.384. The van der Waals surface area contributed by atoms with E-state index in [-0.39, 0.29) is 16.9 Å². The van der Waals surface area contributed by atoms with E-state index in [0.29, 0.717) is 11.4 Å². The fraction of sp³-hybridized carbons (Fsp3) is 0.125. The number of H-pyrrole nitrogens is 1. The monoisotopic (exact) mass is 437 g/mol. The first-order chi connectivity index (χ1) is 15.1. The smallest absolute Gasteiger partial charge is 0.322 e. The second-order valence-electron chi connectivity index (χ2n) is 7.45. The van der Waals surface area contributed by atoms with E-state index in [2.05, 4.69) is 15.5 Å². The Hall–Kier alpha value is -3.94. The number of rotatable bonds is 4. The van der Waals surface area contributed by atoms with Gasteiger partial charge in [-0.15, -0.1) is 0 Å².